The van der Waals surface area contributed by atoms with Crippen molar-refractivity contribution in [2.75, 3.05) is 32.1 Å². The fraction of sp³-hybridized carbons (Fsp3) is 0.917. The Balaban J connectivity index is 1.24. The van der Waals surface area contributed by atoms with Crippen molar-refractivity contribution in [3.63, 3.8) is 0 Å². The van der Waals surface area contributed by atoms with E-state index in [2.05, 4.69) is 10.3 Å². The van der Waals surface area contributed by atoms with E-state index in [1.807, 2.05) is 0 Å². The van der Waals surface area contributed by atoms with Gasteiger partial charge in [-0.25, -0.2) is 4.68 Å². The number of hydrogen-bond donors (Lipinski definition) is 8. The minimum absolute atomic E-state index is 0.151. The van der Waals surface area contributed by atoms with Crippen molar-refractivity contribution in [3.8, 4) is 0 Å². The Kier molecular flexibility index (Phi) is 14.4. The van der Waals surface area contributed by atoms with Crippen molar-refractivity contribution in [1.82, 2.24) is 15.0 Å². The smallest absolute Gasteiger partial charge is 0.186 e. The monoisotopic (exact) mass is 596 g/mol. The molecule has 1 aromatic heterocycles. The topological polar surface area (TPSA) is 235 Å². The Hall–Kier alpha value is -0.990. The molecule has 3 heterocycles. The summed E-state index contributed by atoms with van der Waals surface area (Å²) in [5.41, 5.74) is 5.42. The van der Waals surface area contributed by atoms with Crippen LogP contribution >= 0.6 is 11.8 Å². The van der Waals surface area contributed by atoms with E-state index >= 15 is 0 Å². The largest absolute Gasteiger partial charge is 0.394 e. The normalized spacial score (nSPS) is 34.8. The lowest BCUT2D eigenvalue weighted by atomic mass is 9.99. The van der Waals surface area contributed by atoms with Crippen molar-refractivity contribution < 1.29 is 54.7 Å². The molecule has 0 radical (unpaired) electrons. The molecule has 0 aliphatic carbocycles. The molecule has 1 aromatic rings. The second-order valence-electron chi connectivity index (χ2n) is 9.99. The Morgan fingerprint density at radius 3 is 2.25 bits per heavy atom. The molecule has 15 nitrogen and oxygen atoms in total. The highest BCUT2D eigenvalue weighted by Gasteiger charge is 2.45. The molecule has 2 aliphatic rings. The van der Waals surface area contributed by atoms with Crippen LogP contribution in [0.2, 0.25) is 0 Å². The van der Waals surface area contributed by atoms with Gasteiger partial charge in [-0.15, -0.1) is 16.9 Å². The number of hydrogen-bond acceptors (Lipinski definition) is 15. The number of aliphatic hydroxyl groups excluding tert-OH is 7. The van der Waals surface area contributed by atoms with E-state index in [0.717, 1.165) is 32.1 Å². The first-order chi connectivity index (χ1) is 19.3. The van der Waals surface area contributed by atoms with E-state index in [4.69, 9.17) is 24.7 Å². The lowest BCUT2D eigenvalue weighted by Crippen LogP contribution is -2.59. The number of nitrogens with two attached hydrogens (primary N) is 1. The standard InChI is InChI=1S/C24H44N4O11S/c25-6-9-40-24-22(35)20(33)17(30)15(39-24)11-28-10-14(26-27-28)13-36-7-4-2-1-3-5-8-37-23-21(34)19(32)18(31)16(12-29)38-23/h10,15-24,29-35H,1-9,11-13,25H2/t15-,16-,17-,18-,19+,20+,21+,22-,23+,24+/m1/s1. The van der Waals surface area contributed by atoms with E-state index in [1.165, 1.54) is 16.4 Å². The van der Waals surface area contributed by atoms with E-state index in [0.29, 0.717) is 31.2 Å². The third-order valence-corrected chi connectivity index (χ3v) is 8.02. The summed E-state index contributed by atoms with van der Waals surface area (Å²) in [6.07, 6.45) is -4.85. The minimum atomic E-state index is -1.44. The van der Waals surface area contributed by atoms with Gasteiger partial charge in [-0.3, -0.25) is 0 Å². The van der Waals surface area contributed by atoms with Crippen LogP contribution in [-0.4, -0.2) is 143 Å². The van der Waals surface area contributed by atoms with Crippen LogP contribution in [0.4, 0.5) is 0 Å². The number of unbranched alkanes of at least 4 members (excludes halogenated alkanes) is 4. The van der Waals surface area contributed by atoms with Gasteiger partial charge in [-0.1, -0.05) is 24.5 Å². The average molecular weight is 597 g/mol. The van der Waals surface area contributed by atoms with E-state index < -0.39 is 67.2 Å². The maximum absolute atomic E-state index is 10.3. The number of aromatic nitrogens is 3. The average Bonchev–Trinajstić information content (AvgIpc) is 3.40. The molecule has 0 amide bonds. The second-order valence-corrected chi connectivity index (χ2v) is 11.2. The van der Waals surface area contributed by atoms with Crippen LogP contribution in [0.5, 0.6) is 0 Å². The fourth-order valence-corrected chi connectivity index (χ4v) is 5.43. The Bertz CT molecular complexity index is 840. The highest BCUT2D eigenvalue weighted by atomic mass is 32.2. The summed E-state index contributed by atoms with van der Waals surface area (Å²) in [5, 5.41) is 77.5. The number of thioether (sulfide) groups is 1. The summed E-state index contributed by atoms with van der Waals surface area (Å²) in [5.74, 6) is 0.544. The van der Waals surface area contributed by atoms with Crippen molar-refractivity contribution in [2.24, 2.45) is 5.73 Å². The zero-order chi connectivity index (χ0) is 29.1. The van der Waals surface area contributed by atoms with Gasteiger partial charge >= 0.3 is 0 Å². The van der Waals surface area contributed by atoms with Crippen LogP contribution in [0, 0.1) is 0 Å². The molecule has 232 valence electrons. The molecule has 2 fully saturated rings. The quantitative estimate of drug-likeness (QED) is 0.0840. The van der Waals surface area contributed by atoms with Crippen molar-refractivity contribution in [1.29, 1.82) is 0 Å². The molecule has 0 bridgehead atoms. The molecule has 2 aliphatic heterocycles. The van der Waals surface area contributed by atoms with Crippen molar-refractivity contribution in [2.45, 2.75) is 106 Å². The zero-order valence-electron chi connectivity index (χ0n) is 22.4. The van der Waals surface area contributed by atoms with Crippen LogP contribution in [-0.2, 0) is 32.1 Å². The van der Waals surface area contributed by atoms with Crippen LogP contribution < -0.4 is 5.73 Å². The number of ether oxygens (including phenoxy) is 4. The van der Waals surface area contributed by atoms with Crippen LogP contribution in [0.1, 0.15) is 37.8 Å². The lowest BCUT2D eigenvalue weighted by Gasteiger charge is -2.40. The zero-order valence-corrected chi connectivity index (χ0v) is 23.2. The van der Waals surface area contributed by atoms with Crippen molar-refractivity contribution >= 4 is 11.8 Å². The van der Waals surface area contributed by atoms with Gasteiger partial charge in [0.05, 0.1) is 26.0 Å². The summed E-state index contributed by atoms with van der Waals surface area (Å²) < 4.78 is 23.8. The molecule has 3 rings (SSSR count). The van der Waals surface area contributed by atoms with Gasteiger partial charge in [0.15, 0.2) is 6.29 Å². The molecule has 0 aromatic carbocycles. The molecular formula is C24H44N4O11S. The fourth-order valence-electron chi connectivity index (χ4n) is 4.49. The van der Waals surface area contributed by atoms with E-state index in [1.54, 1.807) is 6.20 Å². The van der Waals surface area contributed by atoms with Gasteiger partial charge in [-0.2, -0.15) is 0 Å². The summed E-state index contributed by atoms with van der Waals surface area (Å²) in [4.78, 5) is 0. The molecular weight excluding hydrogens is 552 g/mol. The first kappa shape index (κ1) is 33.5. The molecule has 2 saturated heterocycles. The predicted molar refractivity (Wildman–Crippen MR) is 141 cm³/mol. The Morgan fingerprint density at radius 1 is 0.850 bits per heavy atom. The SMILES string of the molecule is NCCS[C@@H]1O[C@H](Cn2cc(COCCCCCCCO[C@H]3O[C@H](CO)[C@@H](O)[C@H](O)[C@@H]3O)nn2)[C@@H](O)[C@H](O)[C@H]1O. The summed E-state index contributed by atoms with van der Waals surface area (Å²) in [7, 11) is 0. The van der Waals surface area contributed by atoms with E-state index in [9.17, 15) is 35.7 Å². The van der Waals surface area contributed by atoms with Gasteiger partial charge in [0.2, 0.25) is 0 Å². The number of rotatable bonds is 17. The summed E-state index contributed by atoms with van der Waals surface area (Å²) >= 11 is 1.28. The van der Waals surface area contributed by atoms with Crippen LogP contribution in [0.25, 0.3) is 0 Å². The molecule has 0 unspecified atom stereocenters. The third-order valence-electron chi connectivity index (χ3n) is 6.84. The lowest BCUT2D eigenvalue weighted by molar-refractivity contribution is -0.301. The first-order valence-corrected chi connectivity index (χ1v) is 14.7. The maximum atomic E-state index is 10.3. The van der Waals surface area contributed by atoms with Gasteiger partial charge < -0.3 is 60.4 Å². The molecule has 16 heteroatoms. The van der Waals surface area contributed by atoms with Crippen LogP contribution in [0.15, 0.2) is 6.20 Å². The highest BCUT2D eigenvalue weighted by molar-refractivity contribution is 7.99. The summed E-state index contributed by atoms with van der Waals surface area (Å²) in [6.45, 7) is 1.19. The first-order valence-electron chi connectivity index (χ1n) is 13.7. The van der Waals surface area contributed by atoms with Gasteiger partial charge in [0, 0.05) is 25.5 Å². The number of aliphatic hydroxyl groups is 7. The Morgan fingerprint density at radius 2 is 1.52 bits per heavy atom. The molecule has 0 spiro atoms. The Labute approximate surface area is 237 Å². The summed E-state index contributed by atoms with van der Waals surface area (Å²) in [6, 6.07) is 0. The van der Waals surface area contributed by atoms with Gasteiger partial charge in [-0.05, 0) is 12.8 Å². The molecule has 10 atom stereocenters. The van der Waals surface area contributed by atoms with Gasteiger partial charge in [0.1, 0.15) is 60.0 Å². The highest BCUT2D eigenvalue weighted by Crippen LogP contribution is 2.29. The third kappa shape index (κ3) is 9.52. The maximum Gasteiger partial charge on any atom is 0.186 e. The molecule has 9 N–H and O–H groups in total. The van der Waals surface area contributed by atoms with Gasteiger partial charge in [0.25, 0.3) is 0 Å². The molecule has 0 saturated carbocycles. The minimum Gasteiger partial charge on any atom is -0.394 e. The molecule has 40 heavy (non-hydrogen) atoms. The number of nitrogens with zero attached hydrogens (tertiary/aromatic N) is 3. The van der Waals surface area contributed by atoms with Crippen molar-refractivity contribution in [3.05, 3.63) is 11.9 Å². The van der Waals surface area contributed by atoms with Crippen LogP contribution in [0.3, 0.4) is 0 Å². The predicted octanol–water partition coefficient (Wildman–Crippen LogP) is -2.94. The second kappa shape index (κ2) is 17.2. The van der Waals surface area contributed by atoms with E-state index in [-0.39, 0.29) is 13.2 Å².